The van der Waals surface area contributed by atoms with Gasteiger partial charge in [-0.05, 0) is 31.2 Å². The zero-order valence-corrected chi connectivity index (χ0v) is 13.2. The van der Waals surface area contributed by atoms with Gasteiger partial charge in [0.15, 0.2) is 0 Å². The number of rotatable bonds is 6. The van der Waals surface area contributed by atoms with Gasteiger partial charge in [0.05, 0.1) is 9.82 Å². The number of hydrogen-bond acceptors (Lipinski definition) is 6. The number of nitrogens with zero attached hydrogens (tertiary/aromatic N) is 1. The van der Waals surface area contributed by atoms with Crippen molar-refractivity contribution in [3.8, 4) is 0 Å². The van der Waals surface area contributed by atoms with E-state index in [0.717, 1.165) is 31.4 Å². The van der Waals surface area contributed by atoms with Crippen LogP contribution in [0.3, 0.4) is 0 Å². The van der Waals surface area contributed by atoms with E-state index < -0.39 is 14.9 Å². The number of nitro benzene ring substituents is 1. The molecule has 1 fully saturated rings. The molecule has 0 unspecified atom stereocenters. The van der Waals surface area contributed by atoms with Crippen molar-refractivity contribution >= 4 is 33.2 Å². The predicted molar refractivity (Wildman–Crippen MR) is 82.8 cm³/mol. The van der Waals surface area contributed by atoms with E-state index in [2.05, 4.69) is 4.72 Å². The molecule has 0 amide bonds. The van der Waals surface area contributed by atoms with Crippen LogP contribution in [0.1, 0.15) is 19.3 Å². The first-order valence-corrected chi connectivity index (χ1v) is 9.09. The molecular weight excluding hydrogens is 314 g/mol. The van der Waals surface area contributed by atoms with Crippen LogP contribution < -0.4 is 10.5 Å². The summed E-state index contributed by atoms with van der Waals surface area (Å²) in [5.74, 6) is 0. The second-order valence-electron chi connectivity index (χ2n) is 5.04. The number of nitrogens with two attached hydrogens (primary N) is 1. The quantitative estimate of drug-likeness (QED) is 0.466. The standard InChI is InChI=1S/C12H17N3O4S2/c1-20-12(5-2-6-12)8-14-21(18,19)9-3-4-11(15(16)17)10(13)7-9/h3-4,7,14H,2,5-6,8,13H2,1H3. The van der Waals surface area contributed by atoms with E-state index in [1.165, 1.54) is 6.07 Å². The van der Waals surface area contributed by atoms with Crippen molar-refractivity contribution in [1.82, 2.24) is 4.72 Å². The average molecular weight is 331 g/mol. The second-order valence-corrected chi connectivity index (χ2v) is 8.08. The summed E-state index contributed by atoms with van der Waals surface area (Å²) in [4.78, 5) is 9.99. The molecule has 0 radical (unpaired) electrons. The molecule has 21 heavy (non-hydrogen) atoms. The molecule has 1 saturated carbocycles. The number of thioether (sulfide) groups is 1. The lowest BCUT2D eigenvalue weighted by atomic mass is 9.84. The maximum atomic E-state index is 12.2. The van der Waals surface area contributed by atoms with E-state index in [1.54, 1.807) is 11.8 Å². The van der Waals surface area contributed by atoms with Crippen LogP contribution >= 0.6 is 11.8 Å². The van der Waals surface area contributed by atoms with E-state index in [-0.39, 0.29) is 21.0 Å². The zero-order chi connectivity index (χ0) is 15.7. The Balaban J connectivity index is 2.16. The molecule has 9 heteroatoms. The summed E-state index contributed by atoms with van der Waals surface area (Å²) in [6.45, 7) is 0.355. The minimum absolute atomic E-state index is 0.0284. The molecule has 0 aromatic heterocycles. The molecule has 0 atom stereocenters. The maximum Gasteiger partial charge on any atom is 0.292 e. The van der Waals surface area contributed by atoms with E-state index in [1.807, 2.05) is 6.26 Å². The molecule has 0 bridgehead atoms. The number of hydrogen-bond donors (Lipinski definition) is 2. The Kier molecular flexibility index (Phi) is 4.45. The van der Waals surface area contributed by atoms with Crippen LogP contribution in [0.2, 0.25) is 0 Å². The Morgan fingerprint density at radius 3 is 2.57 bits per heavy atom. The monoisotopic (exact) mass is 331 g/mol. The summed E-state index contributed by atoms with van der Waals surface area (Å²) in [5.41, 5.74) is 5.07. The minimum Gasteiger partial charge on any atom is -0.393 e. The average Bonchev–Trinajstić information content (AvgIpc) is 2.37. The Morgan fingerprint density at radius 2 is 2.14 bits per heavy atom. The summed E-state index contributed by atoms with van der Waals surface area (Å²) < 4.78 is 27.0. The molecule has 116 valence electrons. The molecule has 3 N–H and O–H groups in total. The van der Waals surface area contributed by atoms with E-state index in [4.69, 9.17) is 5.73 Å². The Hall–Kier alpha value is -1.32. The second kappa shape index (κ2) is 5.82. The van der Waals surface area contributed by atoms with Crippen LogP contribution in [-0.4, -0.2) is 30.9 Å². The lowest BCUT2D eigenvalue weighted by Crippen LogP contribution is -2.45. The van der Waals surface area contributed by atoms with Gasteiger partial charge in [-0.15, -0.1) is 0 Å². The topological polar surface area (TPSA) is 115 Å². The van der Waals surface area contributed by atoms with Crippen molar-refractivity contribution < 1.29 is 13.3 Å². The molecular formula is C12H17N3O4S2. The van der Waals surface area contributed by atoms with Crippen LogP contribution in [-0.2, 0) is 10.0 Å². The third-order valence-electron chi connectivity index (χ3n) is 3.79. The van der Waals surface area contributed by atoms with Gasteiger partial charge >= 0.3 is 0 Å². The molecule has 7 nitrogen and oxygen atoms in total. The summed E-state index contributed by atoms with van der Waals surface area (Å²) >= 11 is 1.66. The molecule has 1 aromatic rings. The van der Waals surface area contributed by atoms with E-state index in [9.17, 15) is 18.5 Å². The SMILES string of the molecule is CSC1(CNS(=O)(=O)c2ccc([N+](=O)[O-])c(N)c2)CCC1. The molecule has 0 spiro atoms. The van der Waals surface area contributed by atoms with E-state index >= 15 is 0 Å². The molecule has 1 aliphatic rings. The Labute approximate surface area is 127 Å². The first-order valence-electron chi connectivity index (χ1n) is 6.38. The van der Waals surface area contributed by atoms with Crippen LogP contribution in [0.4, 0.5) is 11.4 Å². The van der Waals surface area contributed by atoms with Gasteiger partial charge in [0.1, 0.15) is 5.69 Å². The fraction of sp³-hybridized carbons (Fsp3) is 0.500. The maximum absolute atomic E-state index is 12.2. The lowest BCUT2D eigenvalue weighted by molar-refractivity contribution is -0.383. The van der Waals surface area contributed by atoms with E-state index in [0.29, 0.717) is 6.54 Å². The zero-order valence-electron chi connectivity index (χ0n) is 11.5. The molecule has 2 rings (SSSR count). The number of nitro groups is 1. The normalized spacial score (nSPS) is 17.2. The van der Waals surface area contributed by atoms with Crippen LogP contribution in [0, 0.1) is 10.1 Å². The highest BCUT2D eigenvalue weighted by Crippen LogP contribution is 2.42. The van der Waals surface area contributed by atoms with Gasteiger partial charge in [-0.2, -0.15) is 11.8 Å². The summed E-state index contributed by atoms with van der Waals surface area (Å²) in [7, 11) is -3.71. The number of nitrogen functional groups attached to an aromatic ring is 1. The summed E-state index contributed by atoms with van der Waals surface area (Å²) in [5, 5.41) is 10.7. The van der Waals surface area contributed by atoms with Gasteiger partial charge in [-0.25, -0.2) is 13.1 Å². The fourth-order valence-electron chi connectivity index (χ4n) is 2.20. The first kappa shape index (κ1) is 16.1. The van der Waals surface area contributed by atoms with Gasteiger partial charge in [0.25, 0.3) is 5.69 Å². The third-order valence-corrected chi connectivity index (χ3v) is 6.61. The van der Waals surface area contributed by atoms with Gasteiger partial charge in [0, 0.05) is 17.4 Å². The van der Waals surface area contributed by atoms with Crippen LogP contribution in [0.15, 0.2) is 23.1 Å². The lowest BCUT2D eigenvalue weighted by Gasteiger charge is -2.40. The molecule has 0 saturated heterocycles. The number of nitrogens with one attached hydrogen (secondary N) is 1. The highest BCUT2D eigenvalue weighted by atomic mass is 32.2. The predicted octanol–water partition coefficient (Wildman–Crippen LogP) is 1.74. The summed E-state index contributed by atoms with van der Waals surface area (Å²) in [6, 6.07) is 3.42. The number of sulfonamides is 1. The molecule has 0 aliphatic heterocycles. The fourth-order valence-corrected chi connectivity index (χ4v) is 4.37. The molecule has 1 aliphatic carbocycles. The van der Waals surface area contributed by atoms with Crippen molar-refractivity contribution in [2.45, 2.75) is 28.9 Å². The number of anilines is 1. The number of benzene rings is 1. The van der Waals surface area contributed by atoms with Gasteiger partial charge in [0.2, 0.25) is 10.0 Å². The largest absolute Gasteiger partial charge is 0.393 e. The van der Waals surface area contributed by atoms with Crippen molar-refractivity contribution in [3.63, 3.8) is 0 Å². The van der Waals surface area contributed by atoms with Crippen molar-refractivity contribution in [2.24, 2.45) is 0 Å². The van der Waals surface area contributed by atoms with Crippen LogP contribution in [0.5, 0.6) is 0 Å². The van der Waals surface area contributed by atoms with Crippen LogP contribution in [0.25, 0.3) is 0 Å². The summed E-state index contributed by atoms with van der Waals surface area (Å²) in [6.07, 6.45) is 5.04. The van der Waals surface area contributed by atoms with Gasteiger partial charge in [-0.3, -0.25) is 10.1 Å². The van der Waals surface area contributed by atoms with Crippen molar-refractivity contribution in [3.05, 3.63) is 28.3 Å². The van der Waals surface area contributed by atoms with Gasteiger partial charge < -0.3 is 5.73 Å². The molecule has 0 heterocycles. The Morgan fingerprint density at radius 1 is 1.48 bits per heavy atom. The highest BCUT2D eigenvalue weighted by Gasteiger charge is 2.37. The first-order chi connectivity index (χ1) is 9.80. The Bertz CT molecular complexity index is 651. The molecule has 1 aromatic carbocycles. The van der Waals surface area contributed by atoms with Crippen molar-refractivity contribution in [2.75, 3.05) is 18.5 Å². The third kappa shape index (κ3) is 3.30. The highest BCUT2D eigenvalue weighted by molar-refractivity contribution is 8.00. The van der Waals surface area contributed by atoms with Crippen molar-refractivity contribution in [1.29, 1.82) is 0 Å². The minimum atomic E-state index is -3.71. The van der Waals surface area contributed by atoms with Gasteiger partial charge in [-0.1, -0.05) is 6.42 Å². The smallest absolute Gasteiger partial charge is 0.292 e.